The first-order valence-corrected chi connectivity index (χ1v) is 3.95. The average Bonchev–Trinajstić information content (AvgIpc) is 1.99. The molecule has 0 saturated carbocycles. The Kier molecular flexibility index (Phi) is 2.62. The third kappa shape index (κ3) is 1.78. The highest BCUT2D eigenvalue weighted by Gasteiger charge is 1.99. The second-order valence-electron chi connectivity index (χ2n) is 1.88. The van der Waals surface area contributed by atoms with E-state index in [4.69, 9.17) is 5.73 Å². The van der Waals surface area contributed by atoms with Crippen LogP contribution < -0.4 is 5.73 Å². The van der Waals surface area contributed by atoms with Gasteiger partial charge in [0.1, 0.15) is 5.69 Å². The predicted octanol–water partition coefficient (Wildman–Crippen LogP) is 1.84. The van der Waals surface area contributed by atoms with Crippen molar-refractivity contribution in [2.24, 2.45) is 4.99 Å². The van der Waals surface area contributed by atoms with E-state index in [1.807, 2.05) is 6.07 Å². The lowest BCUT2D eigenvalue weighted by Gasteiger charge is -1.98. The molecule has 0 amide bonds. The molecule has 1 aromatic rings. The summed E-state index contributed by atoms with van der Waals surface area (Å²) < 4.78 is 0.888. The molecule has 0 aliphatic rings. The maximum Gasteiger partial charge on any atom is 0.240 e. The van der Waals surface area contributed by atoms with Crippen molar-refractivity contribution in [1.29, 1.82) is 0 Å². The van der Waals surface area contributed by atoms with Crippen LogP contribution in [0.25, 0.3) is 0 Å². The summed E-state index contributed by atoms with van der Waals surface area (Å²) >= 11 is 2.07. The smallest absolute Gasteiger partial charge is 0.240 e. The molecule has 1 rings (SSSR count). The number of nitrogens with zero attached hydrogens (tertiary/aromatic N) is 1. The Labute approximate surface area is 77.5 Å². The Bertz CT molecular complexity index is 318. The molecule has 11 heavy (non-hydrogen) atoms. The lowest BCUT2D eigenvalue weighted by molar-refractivity contribution is 0.565. The van der Waals surface area contributed by atoms with Gasteiger partial charge in [-0.25, -0.2) is 4.79 Å². The van der Waals surface area contributed by atoms with Crippen LogP contribution >= 0.6 is 22.6 Å². The van der Waals surface area contributed by atoms with Crippen LogP contribution in [0, 0.1) is 3.57 Å². The number of carbonyl (C=O) groups excluding carboxylic acids is 1. The third-order valence-corrected chi connectivity index (χ3v) is 2.14. The van der Waals surface area contributed by atoms with Gasteiger partial charge in [0.05, 0.1) is 5.69 Å². The minimum atomic E-state index is 0.479. The highest BCUT2D eigenvalue weighted by molar-refractivity contribution is 14.1. The Hall–Kier alpha value is -0.870. The van der Waals surface area contributed by atoms with Crippen LogP contribution in [-0.2, 0) is 4.79 Å². The fourth-order valence-corrected chi connectivity index (χ4v) is 1.16. The molecule has 2 N–H and O–H groups in total. The van der Waals surface area contributed by atoms with Crippen molar-refractivity contribution >= 4 is 40.0 Å². The Morgan fingerprint density at radius 2 is 2.27 bits per heavy atom. The first kappa shape index (κ1) is 8.23. The molecule has 0 spiro atoms. The van der Waals surface area contributed by atoms with Gasteiger partial charge in [0, 0.05) is 3.57 Å². The molecular formula is C7H5IN2O. The Morgan fingerprint density at radius 1 is 1.55 bits per heavy atom. The maximum atomic E-state index is 9.89. The van der Waals surface area contributed by atoms with Crippen molar-refractivity contribution in [3.05, 3.63) is 21.8 Å². The third-order valence-electron chi connectivity index (χ3n) is 1.20. The first-order valence-electron chi connectivity index (χ1n) is 2.87. The first-order chi connectivity index (χ1) is 5.25. The van der Waals surface area contributed by atoms with Gasteiger partial charge in [-0.3, -0.25) is 0 Å². The number of nitrogen functional groups attached to an aromatic ring is 1. The summed E-state index contributed by atoms with van der Waals surface area (Å²) in [4.78, 5) is 13.3. The predicted molar refractivity (Wildman–Crippen MR) is 51.4 cm³/mol. The summed E-state index contributed by atoms with van der Waals surface area (Å²) in [7, 11) is 0. The molecule has 56 valence electrons. The van der Waals surface area contributed by atoms with E-state index in [0.717, 1.165) is 3.57 Å². The van der Waals surface area contributed by atoms with E-state index in [1.54, 1.807) is 12.1 Å². The molecule has 0 fully saturated rings. The zero-order valence-corrected chi connectivity index (χ0v) is 7.70. The fraction of sp³-hybridized carbons (Fsp3) is 0. The van der Waals surface area contributed by atoms with Gasteiger partial charge in [0.25, 0.3) is 0 Å². The molecule has 0 heterocycles. The zero-order valence-electron chi connectivity index (χ0n) is 5.54. The summed E-state index contributed by atoms with van der Waals surface area (Å²) in [6.45, 7) is 0. The minimum Gasteiger partial charge on any atom is -0.396 e. The summed E-state index contributed by atoms with van der Waals surface area (Å²) in [6, 6.07) is 5.30. The van der Waals surface area contributed by atoms with E-state index < -0.39 is 0 Å². The molecule has 1 aromatic carbocycles. The van der Waals surface area contributed by atoms with Gasteiger partial charge in [-0.15, -0.1) is 0 Å². The molecule has 0 aliphatic carbocycles. The van der Waals surface area contributed by atoms with Gasteiger partial charge < -0.3 is 5.73 Å². The molecule has 4 heteroatoms. The normalized spacial score (nSPS) is 8.82. The van der Waals surface area contributed by atoms with Gasteiger partial charge in [0.15, 0.2) is 0 Å². The van der Waals surface area contributed by atoms with E-state index in [0.29, 0.717) is 11.4 Å². The number of anilines is 1. The highest BCUT2D eigenvalue weighted by Crippen LogP contribution is 2.25. The van der Waals surface area contributed by atoms with Crippen LogP contribution in [0.2, 0.25) is 0 Å². The number of isocyanates is 1. The van der Waals surface area contributed by atoms with E-state index in [1.165, 1.54) is 6.08 Å². The van der Waals surface area contributed by atoms with Crippen LogP contribution in [0.5, 0.6) is 0 Å². The molecule has 0 bridgehead atoms. The molecule has 0 atom stereocenters. The van der Waals surface area contributed by atoms with Crippen molar-refractivity contribution < 1.29 is 4.79 Å². The number of hydrogen-bond donors (Lipinski definition) is 1. The monoisotopic (exact) mass is 260 g/mol. The summed E-state index contributed by atoms with van der Waals surface area (Å²) in [5.41, 5.74) is 6.59. The van der Waals surface area contributed by atoms with E-state index in [-0.39, 0.29) is 0 Å². The summed E-state index contributed by atoms with van der Waals surface area (Å²) in [5.74, 6) is 0. The molecule has 0 saturated heterocycles. The van der Waals surface area contributed by atoms with Crippen LogP contribution in [0.1, 0.15) is 0 Å². The van der Waals surface area contributed by atoms with Gasteiger partial charge in [0.2, 0.25) is 6.08 Å². The maximum absolute atomic E-state index is 9.89. The van der Waals surface area contributed by atoms with E-state index >= 15 is 0 Å². The van der Waals surface area contributed by atoms with Gasteiger partial charge in [-0.1, -0.05) is 6.07 Å². The Morgan fingerprint density at radius 3 is 2.91 bits per heavy atom. The minimum absolute atomic E-state index is 0.479. The van der Waals surface area contributed by atoms with Crippen LogP contribution in [0.4, 0.5) is 11.4 Å². The topological polar surface area (TPSA) is 55.4 Å². The molecule has 3 nitrogen and oxygen atoms in total. The molecule has 0 aromatic heterocycles. The van der Waals surface area contributed by atoms with Gasteiger partial charge in [-0.2, -0.15) is 4.99 Å². The number of halogens is 1. The molecule has 0 aliphatic heterocycles. The van der Waals surface area contributed by atoms with Gasteiger partial charge >= 0.3 is 0 Å². The summed E-state index contributed by atoms with van der Waals surface area (Å²) in [5, 5.41) is 0. The quantitative estimate of drug-likeness (QED) is 0.362. The standard InChI is InChI=1S/C7H5IN2O/c8-5-2-1-3-6(7(5)9)10-4-11/h1-3H,9H2. The lowest BCUT2D eigenvalue weighted by atomic mass is 10.3. The molecular weight excluding hydrogens is 255 g/mol. The second kappa shape index (κ2) is 3.50. The summed E-state index contributed by atoms with van der Waals surface area (Å²) in [6.07, 6.45) is 1.44. The Balaban J connectivity index is 3.26. The van der Waals surface area contributed by atoms with Crippen molar-refractivity contribution in [3.63, 3.8) is 0 Å². The van der Waals surface area contributed by atoms with Crippen molar-refractivity contribution in [3.8, 4) is 0 Å². The second-order valence-corrected chi connectivity index (χ2v) is 3.04. The number of aliphatic imine (C=N–C) groups is 1. The average molecular weight is 260 g/mol. The number of rotatable bonds is 1. The number of benzene rings is 1. The molecule has 0 unspecified atom stereocenters. The largest absolute Gasteiger partial charge is 0.396 e. The van der Waals surface area contributed by atoms with Crippen LogP contribution in [0.15, 0.2) is 23.2 Å². The number of nitrogens with two attached hydrogens (primary N) is 1. The van der Waals surface area contributed by atoms with Crippen molar-refractivity contribution in [2.45, 2.75) is 0 Å². The fourth-order valence-electron chi connectivity index (χ4n) is 0.672. The van der Waals surface area contributed by atoms with Crippen molar-refractivity contribution in [1.82, 2.24) is 0 Å². The number of hydrogen-bond acceptors (Lipinski definition) is 3. The zero-order chi connectivity index (χ0) is 8.27. The highest BCUT2D eigenvalue weighted by atomic mass is 127. The SMILES string of the molecule is Nc1c(I)cccc1N=C=O. The van der Waals surface area contributed by atoms with Gasteiger partial charge in [-0.05, 0) is 34.7 Å². The van der Waals surface area contributed by atoms with E-state index in [9.17, 15) is 4.79 Å². The van der Waals surface area contributed by atoms with Crippen LogP contribution in [-0.4, -0.2) is 6.08 Å². The van der Waals surface area contributed by atoms with Crippen LogP contribution in [0.3, 0.4) is 0 Å². The van der Waals surface area contributed by atoms with Crippen molar-refractivity contribution in [2.75, 3.05) is 5.73 Å². The lowest BCUT2D eigenvalue weighted by Crippen LogP contribution is -1.88. The van der Waals surface area contributed by atoms with E-state index in [2.05, 4.69) is 27.6 Å². The number of para-hydroxylation sites is 1. The molecule has 0 radical (unpaired) electrons.